The first kappa shape index (κ1) is 22.8. The van der Waals surface area contributed by atoms with E-state index in [9.17, 15) is 14.7 Å². The molecule has 4 rings (SSSR count). The number of carbonyl (C=O) groups excluding carboxylic acids is 1. The highest BCUT2D eigenvalue weighted by atomic mass is 16.4. The monoisotopic (exact) mass is 444 g/mol. The van der Waals surface area contributed by atoms with E-state index >= 15 is 0 Å². The molecular weight excluding hydrogens is 412 g/mol. The molecule has 0 fully saturated rings. The number of Topliss-reactive ketones (excluding diaryl/α,β-unsaturated/α-hetero) is 1. The van der Waals surface area contributed by atoms with Gasteiger partial charge >= 0.3 is 5.97 Å². The first-order chi connectivity index (χ1) is 15.9. The highest BCUT2D eigenvalue weighted by molar-refractivity contribution is 6.11. The summed E-state index contributed by atoms with van der Waals surface area (Å²) in [6.45, 7) is 9.81. The van der Waals surface area contributed by atoms with Crippen LogP contribution in [0.1, 0.15) is 66.3 Å². The lowest BCUT2D eigenvalue weighted by atomic mass is 9.89. The number of rotatable bonds is 9. The van der Waals surface area contributed by atoms with Gasteiger partial charge in [-0.05, 0) is 44.4 Å². The molecule has 2 aromatic carbocycles. The second-order valence-corrected chi connectivity index (χ2v) is 8.82. The lowest BCUT2D eigenvalue weighted by molar-refractivity contribution is -0.138. The number of aryl methyl sites for hydroxylation is 2. The van der Waals surface area contributed by atoms with Crippen LogP contribution in [0.4, 0.5) is 0 Å². The fourth-order valence-corrected chi connectivity index (χ4v) is 5.30. The van der Waals surface area contributed by atoms with Crippen molar-refractivity contribution in [2.75, 3.05) is 0 Å². The molecule has 0 spiro atoms. The van der Waals surface area contributed by atoms with Gasteiger partial charge < -0.3 is 14.2 Å². The molecule has 0 aliphatic rings. The fraction of sp³-hybridized carbons (Fsp3) is 0.357. The molecule has 1 unspecified atom stereocenters. The standard InChI is InChI=1S/C28H32N2O3/c1-5-15-29-18(3)26(20-11-7-9-13-23(20)29)22(28(32)33)17-25(31)27-19(4)30(16-6-2)24-14-10-8-12-21(24)27/h7-14,22H,5-6,15-17H2,1-4H3,(H,32,33). The largest absolute Gasteiger partial charge is 0.481 e. The van der Waals surface area contributed by atoms with Crippen LogP contribution in [0.25, 0.3) is 21.8 Å². The summed E-state index contributed by atoms with van der Waals surface area (Å²) in [5.41, 5.74) is 5.32. The van der Waals surface area contributed by atoms with E-state index < -0.39 is 11.9 Å². The first-order valence-electron chi connectivity index (χ1n) is 11.8. The Labute approximate surface area is 194 Å². The number of carboxylic acid groups (broad SMARTS) is 1. The normalized spacial score (nSPS) is 12.5. The van der Waals surface area contributed by atoms with Crippen LogP contribution in [0.5, 0.6) is 0 Å². The Kier molecular flexibility index (Phi) is 6.41. The minimum atomic E-state index is -0.958. The summed E-state index contributed by atoms with van der Waals surface area (Å²) in [6, 6.07) is 15.8. The van der Waals surface area contributed by atoms with Crippen LogP contribution in [0.15, 0.2) is 48.5 Å². The zero-order valence-electron chi connectivity index (χ0n) is 19.9. The minimum absolute atomic E-state index is 0.0583. The number of carboxylic acids is 1. The van der Waals surface area contributed by atoms with Crippen molar-refractivity contribution in [2.24, 2.45) is 0 Å². The van der Waals surface area contributed by atoms with Crippen molar-refractivity contribution < 1.29 is 14.7 Å². The van der Waals surface area contributed by atoms with Gasteiger partial charge in [0.25, 0.3) is 0 Å². The van der Waals surface area contributed by atoms with E-state index in [4.69, 9.17) is 0 Å². The predicted molar refractivity (Wildman–Crippen MR) is 133 cm³/mol. The summed E-state index contributed by atoms with van der Waals surface area (Å²) < 4.78 is 4.36. The highest BCUT2D eigenvalue weighted by Crippen LogP contribution is 2.36. The number of ketones is 1. The number of para-hydroxylation sites is 2. The summed E-state index contributed by atoms with van der Waals surface area (Å²) in [7, 11) is 0. The van der Waals surface area contributed by atoms with Gasteiger partial charge in [-0.2, -0.15) is 0 Å². The smallest absolute Gasteiger partial charge is 0.311 e. The Morgan fingerprint density at radius 2 is 1.33 bits per heavy atom. The Morgan fingerprint density at radius 1 is 0.818 bits per heavy atom. The number of nitrogens with zero attached hydrogens (tertiary/aromatic N) is 2. The van der Waals surface area contributed by atoms with Gasteiger partial charge in [0, 0.05) is 58.3 Å². The van der Waals surface area contributed by atoms with E-state index in [0.29, 0.717) is 5.56 Å². The first-order valence-corrected chi connectivity index (χ1v) is 11.8. The van der Waals surface area contributed by atoms with Gasteiger partial charge in [0.1, 0.15) is 0 Å². The summed E-state index contributed by atoms with van der Waals surface area (Å²) in [6.07, 6.45) is 1.85. The third-order valence-corrected chi connectivity index (χ3v) is 6.72. The van der Waals surface area contributed by atoms with Gasteiger partial charge in [0.2, 0.25) is 0 Å². The molecular formula is C28H32N2O3. The maximum Gasteiger partial charge on any atom is 0.311 e. The van der Waals surface area contributed by atoms with Crippen molar-refractivity contribution >= 4 is 33.6 Å². The van der Waals surface area contributed by atoms with Crippen LogP contribution in [-0.2, 0) is 17.9 Å². The van der Waals surface area contributed by atoms with Gasteiger partial charge in [0.15, 0.2) is 5.78 Å². The molecule has 5 nitrogen and oxygen atoms in total. The average Bonchev–Trinajstić information content (AvgIpc) is 3.24. The Bertz CT molecular complexity index is 1340. The van der Waals surface area contributed by atoms with Crippen LogP contribution in [0.3, 0.4) is 0 Å². The fourth-order valence-electron chi connectivity index (χ4n) is 5.30. The molecule has 2 heterocycles. The van der Waals surface area contributed by atoms with Crippen LogP contribution >= 0.6 is 0 Å². The van der Waals surface area contributed by atoms with Crippen molar-refractivity contribution in [1.82, 2.24) is 9.13 Å². The molecule has 5 heteroatoms. The third-order valence-electron chi connectivity index (χ3n) is 6.72. The zero-order valence-corrected chi connectivity index (χ0v) is 19.9. The summed E-state index contributed by atoms with van der Waals surface area (Å²) in [5.74, 6) is -1.97. The quantitative estimate of drug-likeness (QED) is 0.301. The number of aromatic nitrogens is 2. The van der Waals surface area contributed by atoms with Gasteiger partial charge in [0.05, 0.1) is 5.92 Å². The van der Waals surface area contributed by atoms with E-state index in [1.165, 1.54) is 0 Å². The molecule has 0 saturated heterocycles. The van der Waals surface area contributed by atoms with E-state index in [0.717, 1.165) is 64.7 Å². The third kappa shape index (κ3) is 3.86. The van der Waals surface area contributed by atoms with E-state index in [1.807, 2.05) is 62.4 Å². The van der Waals surface area contributed by atoms with Gasteiger partial charge in [-0.25, -0.2) is 0 Å². The number of aliphatic carboxylic acids is 1. The summed E-state index contributed by atoms with van der Waals surface area (Å²) in [5, 5.41) is 12.1. The van der Waals surface area contributed by atoms with Gasteiger partial charge in [-0.15, -0.1) is 0 Å². The topological polar surface area (TPSA) is 64.2 Å². The molecule has 172 valence electrons. The van der Waals surface area contributed by atoms with Gasteiger partial charge in [-0.3, -0.25) is 9.59 Å². The zero-order chi connectivity index (χ0) is 23.7. The van der Waals surface area contributed by atoms with E-state index in [2.05, 4.69) is 23.0 Å². The SMILES string of the molecule is CCCn1c(C)c(C(=O)CC(C(=O)O)c2c(C)n(CCC)c3ccccc23)c2ccccc21. The second-order valence-electron chi connectivity index (χ2n) is 8.82. The molecule has 0 radical (unpaired) electrons. The Hall–Kier alpha value is -3.34. The molecule has 1 atom stereocenters. The average molecular weight is 445 g/mol. The Balaban J connectivity index is 1.82. The second kappa shape index (κ2) is 9.26. The minimum Gasteiger partial charge on any atom is -0.481 e. The van der Waals surface area contributed by atoms with Crippen molar-refractivity contribution in [3.8, 4) is 0 Å². The number of hydrogen-bond acceptors (Lipinski definition) is 2. The molecule has 33 heavy (non-hydrogen) atoms. The van der Waals surface area contributed by atoms with E-state index in [-0.39, 0.29) is 12.2 Å². The molecule has 0 saturated carbocycles. The van der Waals surface area contributed by atoms with Gasteiger partial charge in [-0.1, -0.05) is 50.2 Å². The predicted octanol–water partition coefficient (Wildman–Crippen LogP) is 6.47. The maximum atomic E-state index is 13.7. The van der Waals surface area contributed by atoms with Crippen LogP contribution in [0.2, 0.25) is 0 Å². The van der Waals surface area contributed by atoms with Crippen LogP contribution < -0.4 is 0 Å². The highest BCUT2D eigenvalue weighted by Gasteiger charge is 2.31. The number of hydrogen-bond donors (Lipinski definition) is 1. The summed E-state index contributed by atoms with van der Waals surface area (Å²) in [4.78, 5) is 26.2. The van der Waals surface area contributed by atoms with Crippen molar-refractivity contribution in [3.63, 3.8) is 0 Å². The molecule has 2 aromatic heterocycles. The van der Waals surface area contributed by atoms with Crippen molar-refractivity contribution in [1.29, 1.82) is 0 Å². The number of benzene rings is 2. The molecule has 4 aromatic rings. The van der Waals surface area contributed by atoms with Crippen LogP contribution in [0, 0.1) is 13.8 Å². The van der Waals surface area contributed by atoms with Crippen molar-refractivity contribution in [2.45, 2.75) is 66.0 Å². The lowest BCUT2D eigenvalue weighted by Crippen LogP contribution is -2.18. The molecule has 0 bridgehead atoms. The molecule has 0 aliphatic carbocycles. The number of fused-ring (bicyclic) bond motifs is 2. The Morgan fingerprint density at radius 3 is 1.91 bits per heavy atom. The summed E-state index contributed by atoms with van der Waals surface area (Å²) >= 11 is 0. The molecule has 0 aliphatic heterocycles. The van der Waals surface area contributed by atoms with Crippen molar-refractivity contribution in [3.05, 3.63) is 71.0 Å². The molecule has 0 amide bonds. The van der Waals surface area contributed by atoms with Crippen LogP contribution in [-0.4, -0.2) is 26.0 Å². The number of carbonyl (C=O) groups is 2. The lowest BCUT2D eigenvalue weighted by Gasteiger charge is -2.14. The van der Waals surface area contributed by atoms with E-state index in [1.54, 1.807) is 0 Å². The molecule has 1 N–H and O–H groups in total. The maximum absolute atomic E-state index is 13.7.